The number of carbonyl (C=O) groups is 3. The molecule has 0 fully saturated rings. The third kappa shape index (κ3) is 7.47. The fourth-order valence-corrected chi connectivity index (χ4v) is 4.87. The Morgan fingerprint density at radius 3 is 2.42 bits per heavy atom. The molecule has 0 aliphatic heterocycles. The summed E-state index contributed by atoms with van der Waals surface area (Å²) in [7, 11) is 0. The summed E-state index contributed by atoms with van der Waals surface area (Å²) in [5, 5.41) is 9.35. The number of carbonyl (C=O) groups excluding carboxylic acids is 3. The Morgan fingerprint density at radius 2 is 1.77 bits per heavy atom. The number of nitrogens with one attached hydrogen (secondary N) is 2. The van der Waals surface area contributed by atoms with Crippen LogP contribution < -0.4 is 10.6 Å². The number of Topliss-reactive ketones (excluding diaryl/α,β-unsaturated/α-hetero) is 1. The molecule has 0 saturated carbocycles. The van der Waals surface area contributed by atoms with Gasteiger partial charge < -0.3 is 15.2 Å². The van der Waals surface area contributed by atoms with Gasteiger partial charge in [-0.3, -0.25) is 19.1 Å². The molecular weight excluding hydrogens is 597 g/mol. The minimum Gasteiger partial charge on any atom is -0.349 e. The molecule has 0 bridgehead atoms. The van der Waals surface area contributed by atoms with Crippen molar-refractivity contribution in [1.29, 1.82) is 0 Å². The molecule has 0 aliphatic carbocycles. The van der Waals surface area contributed by atoms with Crippen LogP contribution in [0.1, 0.15) is 57.4 Å². The summed E-state index contributed by atoms with van der Waals surface area (Å²) >= 11 is 6.35. The number of ketones is 1. The fourth-order valence-electron chi connectivity index (χ4n) is 4.59. The Morgan fingerprint density at radius 1 is 1.02 bits per heavy atom. The Hall–Kier alpha value is -4.52. The SMILES string of the molecule is CC(=O)Cn1c(C(=O)NCCn2cccn2)cc(NC(=O)c2cc(F)cc(C(F)(F)F)c2)c1[C@H](C)c1cc(F)ccc1Cl. The molecule has 1 atom stereocenters. The molecule has 2 N–H and O–H groups in total. The van der Waals surface area contributed by atoms with E-state index in [9.17, 15) is 36.3 Å². The van der Waals surface area contributed by atoms with Gasteiger partial charge in [0.05, 0.1) is 24.3 Å². The smallest absolute Gasteiger partial charge is 0.349 e. The molecule has 8 nitrogen and oxygen atoms in total. The van der Waals surface area contributed by atoms with Gasteiger partial charge in [0.1, 0.15) is 23.1 Å². The molecule has 0 saturated heterocycles. The maximum absolute atomic E-state index is 14.2. The number of benzene rings is 2. The van der Waals surface area contributed by atoms with Crippen LogP contribution in [0.5, 0.6) is 0 Å². The van der Waals surface area contributed by atoms with Crippen molar-refractivity contribution in [1.82, 2.24) is 19.7 Å². The largest absolute Gasteiger partial charge is 0.416 e. The van der Waals surface area contributed by atoms with Crippen LogP contribution >= 0.6 is 11.6 Å². The maximum Gasteiger partial charge on any atom is 0.416 e. The lowest BCUT2D eigenvalue weighted by Crippen LogP contribution is -2.30. The molecule has 226 valence electrons. The number of amides is 2. The first-order valence-electron chi connectivity index (χ1n) is 12.9. The number of rotatable bonds is 10. The lowest BCUT2D eigenvalue weighted by atomic mass is 9.96. The Labute approximate surface area is 247 Å². The normalized spacial score (nSPS) is 12.2. The second-order valence-corrected chi connectivity index (χ2v) is 10.1. The molecule has 0 unspecified atom stereocenters. The van der Waals surface area contributed by atoms with E-state index in [1.54, 1.807) is 30.1 Å². The minimum atomic E-state index is -4.92. The first-order valence-corrected chi connectivity index (χ1v) is 13.2. The number of hydrogen-bond acceptors (Lipinski definition) is 4. The van der Waals surface area contributed by atoms with Gasteiger partial charge in [0.15, 0.2) is 0 Å². The molecular formula is C29H25ClF5N5O3. The van der Waals surface area contributed by atoms with Gasteiger partial charge in [-0.1, -0.05) is 18.5 Å². The summed E-state index contributed by atoms with van der Waals surface area (Å²) in [6.07, 6.45) is -1.66. The molecule has 43 heavy (non-hydrogen) atoms. The van der Waals surface area contributed by atoms with Crippen molar-refractivity contribution in [2.24, 2.45) is 0 Å². The Kier molecular flexibility index (Phi) is 9.34. The number of nitrogens with zero attached hydrogens (tertiary/aromatic N) is 3. The van der Waals surface area contributed by atoms with Crippen LogP contribution in [-0.2, 0) is 24.1 Å². The lowest BCUT2D eigenvalue weighted by Gasteiger charge is -2.20. The molecule has 2 heterocycles. The summed E-state index contributed by atoms with van der Waals surface area (Å²) in [6, 6.07) is 7.92. The molecule has 0 radical (unpaired) electrons. The predicted octanol–water partition coefficient (Wildman–Crippen LogP) is 6.06. The van der Waals surface area contributed by atoms with E-state index >= 15 is 0 Å². The van der Waals surface area contributed by atoms with Crippen molar-refractivity contribution in [3.05, 3.63) is 106 Å². The molecule has 0 aliphatic rings. The van der Waals surface area contributed by atoms with Gasteiger partial charge in [-0.2, -0.15) is 18.3 Å². The van der Waals surface area contributed by atoms with Crippen LogP contribution in [0.3, 0.4) is 0 Å². The zero-order valence-electron chi connectivity index (χ0n) is 22.8. The number of hydrogen-bond donors (Lipinski definition) is 2. The lowest BCUT2D eigenvalue weighted by molar-refractivity contribution is -0.137. The number of anilines is 1. The van der Waals surface area contributed by atoms with Crippen molar-refractivity contribution in [2.75, 3.05) is 11.9 Å². The van der Waals surface area contributed by atoms with Gasteiger partial charge in [-0.05, 0) is 61.0 Å². The van der Waals surface area contributed by atoms with E-state index in [0.29, 0.717) is 18.7 Å². The Bertz CT molecular complexity index is 1670. The van der Waals surface area contributed by atoms with Gasteiger partial charge >= 0.3 is 6.18 Å². The van der Waals surface area contributed by atoms with Crippen LogP contribution in [0.4, 0.5) is 27.6 Å². The van der Waals surface area contributed by atoms with Crippen LogP contribution in [0.25, 0.3) is 0 Å². The Balaban J connectivity index is 1.80. The van der Waals surface area contributed by atoms with Crippen molar-refractivity contribution in [2.45, 2.75) is 39.0 Å². The molecule has 0 spiro atoms. The summed E-state index contributed by atoms with van der Waals surface area (Å²) in [5.74, 6) is -4.89. The minimum absolute atomic E-state index is 0.0736. The van der Waals surface area contributed by atoms with Crippen LogP contribution in [-0.4, -0.2) is 38.5 Å². The highest BCUT2D eigenvalue weighted by atomic mass is 35.5. The highest BCUT2D eigenvalue weighted by molar-refractivity contribution is 6.31. The molecule has 2 aromatic carbocycles. The molecule has 4 aromatic rings. The van der Waals surface area contributed by atoms with E-state index in [-0.39, 0.29) is 52.6 Å². The zero-order chi connectivity index (χ0) is 31.5. The highest BCUT2D eigenvalue weighted by Gasteiger charge is 2.33. The molecule has 2 aromatic heterocycles. The van der Waals surface area contributed by atoms with Crippen molar-refractivity contribution >= 4 is 34.9 Å². The van der Waals surface area contributed by atoms with Gasteiger partial charge in [0.25, 0.3) is 11.8 Å². The summed E-state index contributed by atoms with van der Waals surface area (Å²) < 4.78 is 71.1. The van der Waals surface area contributed by atoms with E-state index in [1.807, 2.05) is 0 Å². The topological polar surface area (TPSA) is 98.0 Å². The van der Waals surface area contributed by atoms with Gasteiger partial charge in [0, 0.05) is 41.1 Å². The van der Waals surface area contributed by atoms with Crippen molar-refractivity contribution < 1.29 is 36.3 Å². The second kappa shape index (κ2) is 12.8. The van der Waals surface area contributed by atoms with Crippen LogP contribution in [0.15, 0.2) is 60.9 Å². The van der Waals surface area contributed by atoms with E-state index < -0.39 is 46.7 Å². The molecule has 14 heteroatoms. The number of aromatic nitrogens is 3. The predicted molar refractivity (Wildman–Crippen MR) is 148 cm³/mol. The van der Waals surface area contributed by atoms with Crippen LogP contribution in [0.2, 0.25) is 5.02 Å². The van der Waals surface area contributed by atoms with Gasteiger partial charge in [0.2, 0.25) is 0 Å². The summed E-state index contributed by atoms with van der Waals surface area (Å²) in [6.45, 7) is 2.97. The van der Waals surface area contributed by atoms with E-state index in [2.05, 4.69) is 15.7 Å². The van der Waals surface area contributed by atoms with Gasteiger partial charge in [-0.15, -0.1) is 0 Å². The third-order valence-electron chi connectivity index (χ3n) is 6.51. The first kappa shape index (κ1) is 31.4. The van der Waals surface area contributed by atoms with E-state index in [1.165, 1.54) is 23.6 Å². The number of alkyl halides is 3. The quantitative estimate of drug-likeness (QED) is 0.211. The number of halogens is 6. The van der Waals surface area contributed by atoms with E-state index in [4.69, 9.17) is 11.6 Å². The molecule has 2 amide bonds. The van der Waals surface area contributed by atoms with Crippen molar-refractivity contribution in [3.63, 3.8) is 0 Å². The second-order valence-electron chi connectivity index (χ2n) is 9.71. The average molecular weight is 622 g/mol. The summed E-state index contributed by atoms with van der Waals surface area (Å²) in [4.78, 5) is 38.8. The first-order chi connectivity index (χ1) is 20.2. The van der Waals surface area contributed by atoms with Crippen molar-refractivity contribution in [3.8, 4) is 0 Å². The average Bonchev–Trinajstić information content (AvgIpc) is 3.56. The fraction of sp³-hybridized carbons (Fsp3) is 0.241. The highest BCUT2D eigenvalue weighted by Crippen LogP contribution is 2.37. The monoisotopic (exact) mass is 621 g/mol. The third-order valence-corrected chi connectivity index (χ3v) is 6.85. The van der Waals surface area contributed by atoms with Crippen LogP contribution in [0, 0.1) is 11.6 Å². The van der Waals surface area contributed by atoms with E-state index in [0.717, 1.165) is 12.1 Å². The zero-order valence-corrected chi connectivity index (χ0v) is 23.6. The standard InChI is InChI=1S/C29H25ClF5N5O3/c1-16(41)15-40-25(28(43)36-7-9-39-8-3-6-37-39)14-24(26(40)17(2)22-13-20(31)4-5-23(22)30)38-27(42)18-10-19(29(33,34)35)12-21(32)11-18/h3-6,8,10-14,17H,7,9,15H2,1-2H3,(H,36,43)(H,38,42)/t17-/m1/s1. The van der Waals surface area contributed by atoms with Gasteiger partial charge in [-0.25, -0.2) is 8.78 Å². The maximum atomic E-state index is 14.2. The summed E-state index contributed by atoms with van der Waals surface area (Å²) in [5.41, 5.74) is -1.77. The molecule has 4 rings (SSSR count).